The minimum absolute atomic E-state index is 0.0942. The van der Waals surface area contributed by atoms with Gasteiger partial charge in [0.15, 0.2) is 0 Å². The van der Waals surface area contributed by atoms with Crippen LogP contribution in [0.2, 0.25) is 0 Å². The lowest BCUT2D eigenvalue weighted by molar-refractivity contribution is -0.121. The van der Waals surface area contributed by atoms with Crippen LogP contribution in [0.25, 0.3) is 0 Å². The van der Waals surface area contributed by atoms with Gasteiger partial charge in [0.05, 0.1) is 18.0 Å². The fourth-order valence-electron chi connectivity index (χ4n) is 3.35. The Kier molecular flexibility index (Phi) is 6.65. The van der Waals surface area contributed by atoms with Crippen LogP contribution < -0.4 is 9.62 Å². The van der Waals surface area contributed by atoms with Crippen LogP contribution in [-0.2, 0) is 14.8 Å². The fourth-order valence-corrected chi connectivity index (χ4v) is 4.39. The van der Waals surface area contributed by atoms with Crippen molar-refractivity contribution in [1.82, 2.24) is 5.32 Å². The lowest BCUT2D eigenvalue weighted by Crippen LogP contribution is -2.36. The maximum atomic E-state index is 12.4. The summed E-state index contributed by atoms with van der Waals surface area (Å²) in [4.78, 5) is 12.4. The number of aryl methyl sites for hydroxylation is 3. The van der Waals surface area contributed by atoms with Crippen molar-refractivity contribution in [3.63, 3.8) is 0 Å². The van der Waals surface area contributed by atoms with E-state index in [2.05, 4.69) is 5.32 Å². The third kappa shape index (κ3) is 5.57. The Hall–Kier alpha value is -2.34. The number of nitrogens with zero attached hydrogens (tertiary/aromatic N) is 1. The molecule has 1 N–H and O–H groups in total. The van der Waals surface area contributed by atoms with Gasteiger partial charge < -0.3 is 5.32 Å². The van der Waals surface area contributed by atoms with E-state index in [-0.39, 0.29) is 24.9 Å². The van der Waals surface area contributed by atoms with Crippen molar-refractivity contribution in [3.8, 4) is 0 Å². The van der Waals surface area contributed by atoms with Gasteiger partial charge in [-0.2, -0.15) is 0 Å². The summed E-state index contributed by atoms with van der Waals surface area (Å²) in [6.45, 7) is 7.79. The van der Waals surface area contributed by atoms with E-state index in [4.69, 9.17) is 0 Å². The van der Waals surface area contributed by atoms with Crippen LogP contribution in [0.5, 0.6) is 0 Å². The van der Waals surface area contributed by atoms with Gasteiger partial charge in [0, 0.05) is 13.0 Å². The molecule has 0 aliphatic carbocycles. The summed E-state index contributed by atoms with van der Waals surface area (Å²) in [5.74, 6) is -0.178. The summed E-state index contributed by atoms with van der Waals surface area (Å²) in [7, 11) is -3.50. The van der Waals surface area contributed by atoms with E-state index in [0.29, 0.717) is 5.69 Å². The highest BCUT2D eigenvalue weighted by molar-refractivity contribution is 7.92. The molecule has 1 amide bonds. The zero-order valence-electron chi connectivity index (χ0n) is 16.6. The summed E-state index contributed by atoms with van der Waals surface area (Å²) in [6, 6.07) is 13.5. The number of amides is 1. The van der Waals surface area contributed by atoms with Gasteiger partial charge in [0.25, 0.3) is 0 Å². The summed E-state index contributed by atoms with van der Waals surface area (Å²) >= 11 is 0. The first kappa shape index (κ1) is 21.0. The first-order valence-corrected chi connectivity index (χ1v) is 10.8. The normalized spacial score (nSPS) is 12.5. The van der Waals surface area contributed by atoms with E-state index in [1.807, 2.05) is 70.2 Å². The van der Waals surface area contributed by atoms with Gasteiger partial charge in [-0.25, -0.2) is 8.42 Å². The summed E-state index contributed by atoms with van der Waals surface area (Å²) in [5.41, 5.74) is 4.52. The van der Waals surface area contributed by atoms with Gasteiger partial charge in [0.2, 0.25) is 15.9 Å². The minimum atomic E-state index is -3.50. The molecule has 5 nitrogen and oxygen atoms in total. The molecular formula is C21H28N2O3S. The largest absolute Gasteiger partial charge is 0.350 e. The molecule has 0 saturated heterocycles. The number of nitrogens with one attached hydrogen (secondary N) is 1. The van der Waals surface area contributed by atoms with Crippen LogP contribution in [0.3, 0.4) is 0 Å². The first-order valence-electron chi connectivity index (χ1n) is 8.99. The average Bonchev–Trinajstić information content (AvgIpc) is 2.56. The van der Waals surface area contributed by atoms with Gasteiger partial charge >= 0.3 is 0 Å². The summed E-state index contributed by atoms with van der Waals surface area (Å²) < 4.78 is 26.1. The summed E-state index contributed by atoms with van der Waals surface area (Å²) in [5, 5.41) is 2.93. The van der Waals surface area contributed by atoms with Crippen molar-refractivity contribution in [1.29, 1.82) is 0 Å². The molecule has 0 spiro atoms. The van der Waals surface area contributed by atoms with E-state index >= 15 is 0 Å². The van der Waals surface area contributed by atoms with E-state index in [0.717, 1.165) is 22.3 Å². The Morgan fingerprint density at radius 2 is 1.63 bits per heavy atom. The van der Waals surface area contributed by atoms with Crippen LogP contribution in [-0.4, -0.2) is 27.1 Å². The maximum absolute atomic E-state index is 12.4. The van der Waals surface area contributed by atoms with Gasteiger partial charge in [-0.15, -0.1) is 0 Å². The SMILES string of the molecule is Cc1cc(C)c(N(CCC(=O)NC(C)c2ccccc2)S(C)(=O)=O)c(C)c1. The molecule has 1 atom stereocenters. The molecule has 146 valence electrons. The third-order valence-electron chi connectivity index (χ3n) is 4.50. The highest BCUT2D eigenvalue weighted by Gasteiger charge is 2.22. The predicted molar refractivity (Wildman–Crippen MR) is 110 cm³/mol. The number of hydrogen-bond donors (Lipinski definition) is 1. The Bertz CT molecular complexity index is 885. The second-order valence-corrected chi connectivity index (χ2v) is 8.94. The second kappa shape index (κ2) is 8.57. The lowest BCUT2D eigenvalue weighted by Gasteiger charge is -2.26. The standard InChI is InChI=1S/C21H28N2O3S/c1-15-13-16(2)21(17(3)14-15)23(27(5,25)26)12-11-20(24)22-18(4)19-9-7-6-8-10-19/h6-10,13-14,18H,11-12H2,1-5H3,(H,22,24). The molecule has 2 aromatic rings. The zero-order valence-corrected chi connectivity index (χ0v) is 17.4. The quantitative estimate of drug-likeness (QED) is 0.787. The molecule has 0 heterocycles. The van der Waals surface area contributed by atoms with Crippen molar-refractivity contribution in [2.45, 2.75) is 40.2 Å². The molecular weight excluding hydrogens is 360 g/mol. The number of hydrogen-bond acceptors (Lipinski definition) is 3. The van der Waals surface area contributed by atoms with Crippen LogP contribution in [0.4, 0.5) is 5.69 Å². The second-order valence-electron chi connectivity index (χ2n) is 7.03. The van der Waals surface area contributed by atoms with E-state index < -0.39 is 10.0 Å². The number of benzene rings is 2. The van der Waals surface area contributed by atoms with Crippen LogP contribution in [0.1, 0.15) is 41.6 Å². The fraction of sp³-hybridized carbons (Fsp3) is 0.381. The molecule has 0 bridgehead atoms. The van der Waals surface area contributed by atoms with E-state index in [1.165, 1.54) is 10.6 Å². The van der Waals surface area contributed by atoms with Gasteiger partial charge in [-0.1, -0.05) is 48.0 Å². The first-order chi connectivity index (χ1) is 12.6. The maximum Gasteiger partial charge on any atom is 0.232 e. The number of sulfonamides is 1. The minimum Gasteiger partial charge on any atom is -0.350 e. The van der Waals surface area contributed by atoms with Gasteiger partial charge in [-0.3, -0.25) is 9.10 Å². The van der Waals surface area contributed by atoms with Crippen LogP contribution in [0, 0.1) is 20.8 Å². The van der Waals surface area contributed by atoms with Gasteiger partial charge in [0.1, 0.15) is 0 Å². The van der Waals surface area contributed by atoms with Crippen molar-refractivity contribution in [2.75, 3.05) is 17.1 Å². The predicted octanol–water partition coefficient (Wildman–Crippen LogP) is 3.65. The molecule has 2 rings (SSSR count). The Labute approximate surface area is 162 Å². The Balaban J connectivity index is 2.13. The Morgan fingerprint density at radius 1 is 1.07 bits per heavy atom. The smallest absolute Gasteiger partial charge is 0.232 e. The topological polar surface area (TPSA) is 66.5 Å². The molecule has 0 aromatic heterocycles. The van der Waals surface area contributed by atoms with Crippen molar-refractivity contribution < 1.29 is 13.2 Å². The molecule has 0 radical (unpaired) electrons. The molecule has 0 aliphatic rings. The molecule has 0 fully saturated rings. The highest BCUT2D eigenvalue weighted by atomic mass is 32.2. The zero-order chi connectivity index (χ0) is 20.2. The summed E-state index contributed by atoms with van der Waals surface area (Å²) in [6.07, 6.45) is 1.27. The molecule has 1 unspecified atom stereocenters. The highest BCUT2D eigenvalue weighted by Crippen LogP contribution is 2.28. The monoisotopic (exact) mass is 388 g/mol. The lowest BCUT2D eigenvalue weighted by atomic mass is 10.0. The number of anilines is 1. The number of carbonyl (C=O) groups excluding carboxylic acids is 1. The van der Waals surface area contributed by atoms with E-state index in [1.54, 1.807) is 0 Å². The number of rotatable bonds is 7. The molecule has 0 aliphatic heterocycles. The molecule has 27 heavy (non-hydrogen) atoms. The van der Waals surface area contributed by atoms with E-state index in [9.17, 15) is 13.2 Å². The van der Waals surface area contributed by atoms with Crippen molar-refractivity contribution in [3.05, 3.63) is 64.7 Å². The number of carbonyl (C=O) groups is 1. The van der Waals surface area contributed by atoms with Gasteiger partial charge in [-0.05, 0) is 44.4 Å². The molecule has 0 saturated carbocycles. The molecule has 2 aromatic carbocycles. The van der Waals surface area contributed by atoms with Crippen LogP contribution in [0.15, 0.2) is 42.5 Å². The van der Waals surface area contributed by atoms with Crippen molar-refractivity contribution >= 4 is 21.6 Å². The average molecular weight is 389 g/mol. The molecule has 6 heteroatoms. The Morgan fingerprint density at radius 3 is 2.15 bits per heavy atom. The van der Waals surface area contributed by atoms with Crippen molar-refractivity contribution in [2.24, 2.45) is 0 Å². The van der Waals surface area contributed by atoms with Crippen LogP contribution >= 0.6 is 0 Å². The third-order valence-corrected chi connectivity index (χ3v) is 5.67.